The zero-order valence-corrected chi connectivity index (χ0v) is 10.3. The molecule has 2 amide bonds. The minimum atomic E-state index is -1.32. The van der Waals surface area contributed by atoms with Crippen molar-refractivity contribution in [2.75, 3.05) is 4.90 Å². The molecule has 0 aromatic heterocycles. The molecule has 0 bridgehead atoms. The third-order valence-corrected chi connectivity index (χ3v) is 3.22. The molecule has 1 aromatic rings. The topological polar surface area (TPSA) is 63.4 Å². The van der Waals surface area contributed by atoms with Crippen LogP contribution in [0.15, 0.2) is 18.2 Å². The van der Waals surface area contributed by atoms with Crippen molar-refractivity contribution in [1.82, 2.24) is 0 Å². The molecular formula is C13H15FN2O2. The fourth-order valence-corrected chi connectivity index (χ4v) is 2.31. The predicted molar refractivity (Wildman–Crippen MR) is 65.9 cm³/mol. The number of hydrogen-bond donors (Lipinski definition) is 1. The summed E-state index contributed by atoms with van der Waals surface area (Å²) in [7, 11) is 0. The summed E-state index contributed by atoms with van der Waals surface area (Å²) in [6.07, 6.45) is -0.837. The van der Waals surface area contributed by atoms with Crippen LogP contribution in [-0.2, 0) is 11.2 Å². The number of carbonyl (C=O) groups is 2. The molecule has 1 aliphatic rings. The highest BCUT2D eigenvalue weighted by molar-refractivity contribution is 5.96. The molecular weight excluding hydrogens is 235 g/mol. The second kappa shape index (κ2) is 4.40. The van der Waals surface area contributed by atoms with Gasteiger partial charge in [0.1, 0.15) is 0 Å². The lowest BCUT2D eigenvalue weighted by atomic mass is 9.91. The number of fused-ring (bicyclic) bond motifs is 1. The maximum Gasteiger partial charge on any atom is 0.248 e. The van der Waals surface area contributed by atoms with E-state index in [1.54, 1.807) is 19.1 Å². The lowest BCUT2D eigenvalue weighted by molar-refractivity contribution is -0.118. The van der Waals surface area contributed by atoms with Crippen molar-refractivity contribution in [2.45, 2.75) is 26.6 Å². The van der Waals surface area contributed by atoms with Gasteiger partial charge in [-0.05, 0) is 30.2 Å². The van der Waals surface area contributed by atoms with E-state index >= 15 is 0 Å². The van der Waals surface area contributed by atoms with Crippen LogP contribution in [0.25, 0.3) is 0 Å². The second-order valence-electron chi connectivity index (χ2n) is 4.65. The number of nitrogens with zero attached hydrogens (tertiary/aromatic N) is 1. The molecule has 2 N–H and O–H groups in total. The third-order valence-electron chi connectivity index (χ3n) is 3.22. The lowest BCUT2D eigenvalue weighted by Gasteiger charge is -2.36. The van der Waals surface area contributed by atoms with Gasteiger partial charge in [-0.2, -0.15) is 0 Å². The number of benzene rings is 1. The van der Waals surface area contributed by atoms with E-state index in [9.17, 15) is 14.0 Å². The highest BCUT2D eigenvalue weighted by Crippen LogP contribution is 2.35. The molecule has 2 rings (SSSR count). The molecule has 0 saturated carbocycles. The molecule has 4 nitrogen and oxygen atoms in total. The molecule has 0 radical (unpaired) electrons. The largest absolute Gasteiger partial charge is 0.366 e. The van der Waals surface area contributed by atoms with E-state index in [0.717, 1.165) is 10.5 Å². The van der Waals surface area contributed by atoms with Gasteiger partial charge < -0.3 is 5.73 Å². The molecule has 1 aromatic carbocycles. The maximum atomic E-state index is 14.0. The Morgan fingerprint density at radius 3 is 2.67 bits per heavy atom. The highest BCUT2D eigenvalue weighted by Gasteiger charge is 2.34. The first kappa shape index (κ1) is 12.5. The van der Waals surface area contributed by atoms with Crippen molar-refractivity contribution < 1.29 is 14.0 Å². The fourth-order valence-electron chi connectivity index (χ4n) is 2.31. The summed E-state index contributed by atoms with van der Waals surface area (Å²) in [5.74, 6) is -1.17. The van der Waals surface area contributed by atoms with Crippen molar-refractivity contribution in [3.05, 3.63) is 29.3 Å². The number of amides is 2. The Balaban J connectivity index is 2.52. The monoisotopic (exact) mass is 250 g/mol. The number of primary amides is 1. The van der Waals surface area contributed by atoms with Crippen LogP contribution < -0.4 is 10.6 Å². The molecule has 0 saturated heterocycles. The van der Waals surface area contributed by atoms with Gasteiger partial charge in [-0.15, -0.1) is 0 Å². The van der Waals surface area contributed by atoms with Crippen LogP contribution in [-0.4, -0.2) is 18.1 Å². The van der Waals surface area contributed by atoms with Gasteiger partial charge >= 0.3 is 0 Å². The number of hydrogen-bond acceptors (Lipinski definition) is 2. The molecule has 0 spiro atoms. The second-order valence-corrected chi connectivity index (χ2v) is 4.65. The van der Waals surface area contributed by atoms with Crippen molar-refractivity contribution in [3.8, 4) is 0 Å². The van der Waals surface area contributed by atoms with Gasteiger partial charge in [0, 0.05) is 24.1 Å². The van der Waals surface area contributed by atoms with Crippen molar-refractivity contribution in [3.63, 3.8) is 0 Å². The minimum Gasteiger partial charge on any atom is -0.366 e. The summed E-state index contributed by atoms with van der Waals surface area (Å²) in [5.41, 5.74) is 6.89. The van der Waals surface area contributed by atoms with Gasteiger partial charge in [-0.1, -0.05) is 6.92 Å². The van der Waals surface area contributed by atoms with Crippen LogP contribution in [0.2, 0.25) is 0 Å². The predicted octanol–water partition coefficient (Wildman–Crippen LogP) is 1.63. The zero-order valence-electron chi connectivity index (χ0n) is 10.3. The molecule has 1 unspecified atom stereocenters. The Morgan fingerprint density at radius 1 is 1.44 bits per heavy atom. The number of anilines is 1. The molecule has 0 aliphatic carbocycles. The van der Waals surface area contributed by atoms with Crippen LogP contribution in [0.1, 0.15) is 29.8 Å². The molecule has 5 heteroatoms. The normalized spacial score (nSPS) is 22.5. The van der Waals surface area contributed by atoms with Gasteiger partial charge in [0.25, 0.3) is 0 Å². The highest BCUT2D eigenvalue weighted by atomic mass is 19.1. The minimum absolute atomic E-state index is 0.301. The Morgan fingerprint density at radius 2 is 2.11 bits per heavy atom. The quantitative estimate of drug-likeness (QED) is 0.770. The number of carbonyl (C=O) groups excluding carboxylic acids is 2. The smallest absolute Gasteiger partial charge is 0.248 e. The molecule has 2 atom stereocenters. The van der Waals surface area contributed by atoms with Crippen molar-refractivity contribution >= 4 is 17.5 Å². The first-order valence-electron chi connectivity index (χ1n) is 5.78. The summed E-state index contributed by atoms with van der Waals surface area (Å²) >= 11 is 0. The van der Waals surface area contributed by atoms with Gasteiger partial charge in [-0.3, -0.25) is 14.5 Å². The van der Waals surface area contributed by atoms with E-state index in [1.807, 2.05) is 0 Å². The molecule has 1 heterocycles. The van der Waals surface area contributed by atoms with Gasteiger partial charge in [0.05, 0.1) is 0 Å². The average Bonchev–Trinajstić information content (AvgIpc) is 2.29. The van der Waals surface area contributed by atoms with Crippen LogP contribution >= 0.6 is 0 Å². The molecule has 1 aliphatic heterocycles. The van der Waals surface area contributed by atoms with E-state index in [1.165, 1.54) is 13.0 Å². The zero-order chi connectivity index (χ0) is 13.4. The number of alkyl halides is 1. The van der Waals surface area contributed by atoms with Crippen molar-refractivity contribution in [1.29, 1.82) is 0 Å². The summed E-state index contributed by atoms with van der Waals surface area (Å²) in [4.78, 5) is 23.8. The van der Waals surface area contributed by atoms with E-state index < -0.39 is 12.2 Å². The van der Waals surface area contributed by atoms with E-state index in [0.29, 0.717) is 17.7 Å². The average molecular weight is 250 g/mol. The first-order valence-corrected chi connectivity index (χ1v) is 5.78. The Labute approximate surface area is 105 Å². The van der Waals surface area contributed by atoms with Gasteiger partial charge in [0.15, 0.2) is 6.30 Å². The number of nitrogens with two attached hydrogens (primary N) is 1. The summed E-state index contributed by atoms with van der Waals surface area (Å²) in [6, 6.07) is 4.73. The first-order chi connectivity index (χ1) is 8.41. The Bertz CT molecular complexity index is 516. The Hall–Kier alpha value is -1.91. The summed E-state index contributed by atoms with van der Waals surface area (Å²) < 4.78 is 14.0. The van der Waals surface area contributed by atoms with Crippen LogP contribution in [0, 0.1) is 5.92 Å². The van der Waals surface area contributed by atoms with Crippen LogP contribution in [0.3, 0.4) is 0 Å². The summed E-state index contributed by atoms with van der Waals surface area (Å²) in [5, 5.41) is 0. The third kappa shape index (κ3) is 1.96. The molecule has 18 heavy (non-hydrogen) atoms. The number of rotatable bonds is 1. The van der Waals surface area contributed by atoms with Crippen LogP contribution in [0.5, 0.6) is 0 Å². The van der Waals surface area contributed by atoms with Gasteiger partial charge in [0.2, 0.25) is 11.8 Å². The number of halogens is 1. The lowest BCUT2D eigenvalue weighted by Crippen LogP contribution is -2.44. The molecule has 96 valence electrons. The van der Waals surface area contributed by atoms with Crippen molar-refractivity contribution in [2.24, 2.45) is 11.7 Å². The fraction of sp³-hybridized carbons (Fsp3) is 0.385. The summed E-state index contributed by atoms with van der Waals surface area (Å²) in [6.45, 7) is 3.07. The molecule has 0 fully saturated rings. The maximum absolute atomic E-state index is 14.0. The SMILES string of the molecule is CC(=O)N1c2ccc(C(N)=O)cc2CC(C)[C@@H]1F. The van der Waals surface area contributed by atoms with Crippen LogP contribution in [0.4, 0.5) is 10.1 Å². The Kier molecular flexibility index (Phi) is 3.07. The standard InChI is InChI=1S/C13H15FN2O2/c1-7-5-10-6-9(13(15)18)3-4-11(10)16(8(2)17)12(7)14/h3-4,6-7,12H,5H2,1-2H3,(H2,15,18)/t7?,12-/m1/s1. The van der Waals surface area contributed by atoms with E-state index in [4.69, 9.17) is 5.73 Å². The van der Waals surface area contributed by atoms with E-state index in [2.05, 4.69) is 0 Å². The van der Waals surface area contributed by atoms with E-state index in [-0.39, 0.29) is 11.8 Å². The van der Waals surface area contributed by atoms with Gasteiger partial charge in [-0.25, -0.2) is 4.39 Å².